The van der Waals surface area contributed by atoms with Crippen molar-refractivity contribution in [1.82, 2.24) is 4.90 Å². The fourth-order valence-corrected chi connectivity index (χ4v) is 2.38. The summed E-state index contributed by atoms with van der Waals surface area (Å²) in [5.41, 5.74) is 0.538. The van der Waals surface area contributed by atoms with Crippen molar-refractivity contribution in [2.45, 2.75) is 31.8 Å². The van der Waals surface area contributed by atoms with Crippen molar-refractivity contribution < 1.29 is 9.13 Å². The van der Waals surface area contributed by atoms with Crippen molar-refractivity contribution in [1.29, 1.82) is 0 Å². The van der Waals surface area contributed by atoms with E-state index in [0.29, 0.717) is 23.5 Å². The van der Waals surface area contributed by atoms with Gasteiger partial charge in [0.25, 0.3) is 0 Å². The van der Waals surface area contributed by atoms with Gasteiger partial charge in [-0.1, -0.05) is 0 Å². The molecule has 0 radical (unpaired) electrons. The highest BCUT2D eigenvalue weighted by molar-refractivity contribution is 5.50. The molecule has 0 aromatic heterocycles. The first-order valence-corrected chi connectivity index (χ1v) is 6.40. The standard InChI is InChI=1S/C14H21FN2O/c1-10-8-11(6-7-17(10)2)16-14-9-12(18-3)4-5-13(14)15/h4-5,9-11,16H,6-8H2,1-3H3. The Kier molecular flexibility index (Phi) is 4.07. The molecule has 1 aliphatic heterocycles. The molecule has 1 fully saturated rings. The quantitative estimate of drug-likeness (QED) is 0.895. The van der Waals surface area contributed by atoms with Crippen LogP contribution in [-0.2, 0) is 0 Å². The van der Waals surface area contributed by atoms with Crippen molar-refractivity contribution in [3.05, 3.63) is 24.0 Å². The van der Waals surface area contributed by atoms with E-state index >= 15 is 0 Å². The number of hydrogen-bond donors (Lipinski definition) is 1. The lowest BCUT2D eigenvalue weighted by atomic mass is 9.98. The van der Waals surface area contributed by atoms with E-state index in [9.17, 15) is 4.39 Å². The molecule has 0 saturated carbocycles. The molecule has 0 bridgehead atoms. The zero-order valence-corrected chi connectivity index (χ0v) is 11.2. The number of nitrogens with one attached hydrogen (secondary N) is 1. The first-order chi connectivity index (χ1) is 8.60. The Bertz CT molecular complexity index is 411. The van der Waals surface area contributed by atoms with Gasteiger partial charge in [-0.25, -0.2) is 4.39 Å². The summed E-state index contributed by atoms with van der Waals surface area (Å²) in [6.45, 7) is 3.25. The molecule has 1 N–H and O–H groups in total. The van der Waals surface area contributed by atoms with Crippen LogP contribution in [0.4, 0.5) is 10.1 Å². The van der Waals surface area contributed by atoms with E-state index in [-0.39, 0.29) is 5.82 Å². The lowest BCUT2D eigenvalue weighted by molar-refractivity contribution is 0.190. The van der Waals surface area contributed by atoms with Crippen LogP contribution in [0.5, 0.6) is 5.75 Å². The SMILES string of the molecule is COc1ccc(F)c(NC2CCN(C)C(C)C2)c1. The third-order valence-electron chi connectivity index (χ3n) is 3.74. The van der Waals surface area contributed by atoms with Gasteiger partial charge in [-0.05, 0) is 38.9 Å². The van der Waals surface area contributed by atoms with Gasteiger partial charge in [-0.15, -0.1) is 0 Å². The highest BCUT2D eigenvalue weighted by atomic mass is 19.1. The second-order valence-electron chi connectivity index (χ2n) is 5.04. The van der Waals surface area contributed by atoms with Crippen LogP contribution in [0.3, 0.4) is 0 Å². The molecule has 0 amide bonds. The van der Waals surface area contributed by atoms with Crippen molar-refractivity contribution in [2.75, 3.05) is 26.0 Å². The number of halogens is 1. The normalized spacial score (nSPS) is 24.9. The van der Waals surface area contributed by atoms with Crippen molar-refractivity contribution in [3.8, 4) is 5.75 Å². The summed E-state index contributed by atoms with van der Waals surface area (Å²) in [6, 6.07) is 5.66. The number of methoxy groups -OCH3 is 1. The van der Waals surface area contributed by atoms with E-state index < -0.39 is 0 Å². The van der Waals surface area contributed by atoms with Crippen LogP contribution in [0, 0.1) is 5.82 Å². The van der Waals surface area contributed by atoms with Crippen molar-refractivity contribution >= 4 is 5.69 Å². The molecule has 1 aromatic rings. The van der Waals surface area contributed by atoms with Gasteiger partial charge in [-0.3, -0.25) is 0 Å². The number of likely N-dealkylation sites (tertiary alicyclic amines) is 1. The highest BCUT2D eigenvalue weighted by Gasteiger charge is 2.23. The summed E-state index contributed by atoms with van der Waals surface area (Å²) in [5.74, 6) is 0.460. The monoisotopic (exact) mass is 252 g/mol. The van der Waals surface area contributed by atoms with E-state index in [1.54, 1.807) is 19.2 Å². The van der Waals surface area contributed by atoms with Gasteiger partial charge in [-0.2, -0.15) is 0 Å². The number of nitrogens with zero attached hydrogens (tertiary/aromatic N) is 1. The first kappa shape index (κ1) is 13.1. The third-order valence-corrected chi connectivity index (χ3v) is 3.74. The van der Waals surface area contributed by atoms with Crippen molar-refractivity contribution in [3.63, 3.8) is 0 Å². The van der Waals surface area contributed by atoms with Crippen LogP contribution in [0.1, 0.15) is 19.8 Å². The van der Waals surface area contributed by atoms with Gasteiger partial charge in [0.2, 0.25) is 0 Å². The highest BCUT2D eigenvalue weighted by Crippen LogP contribution is 2.25. The third kappa shape index (κ3) is 2.93. The molecule has 0 spiro atoms. The minimum absolute atomic E-state index is 0.220. The average molecular weight is 252 g/mol. The summed E-state index contributed by atoms with van der Waals surface area (Å²) in [6.07, 6.45) is 2.07. The van der Waals surface area contributed by atoms with Gasteiger partial charge in [0.1, 0.15) is 11.6 Å². The second-order valence-corrected chi connectivity index (χ2v) is 5.04. The summed E-state index contributed by atoms with van der Waals surface area (Å²) in [4.78, 5) is 2.33. The average Bonchev–Trinajstić information content (AvgIpc) is 2.36. The predicted octanol–water partition coefficient (Wildman–Crippen LogP) is 2.73. The Hall–Kier alpha value is -1.29. The summed E-state index contributed by atoms with van der Waals surface area (Å²) < 4.78 is 18.8. The maximum absolute atomic E-state index is 13.7. The fourth-order valence-electron chi connectivity index (χ4n) is 2.38. The lowest BCUT2D eigenvalue weighted by Crippen LogP contribution is -2.42. The molecule has 1 aromatic carbocycles. The molecule has 0 aliphatic carbocycles. The van der Waals surface area contributed by atoms with Crippen LogP contribution in [-0.4, -0.2) is 37.7 Å². The molecular weight excluding hydrogens is 231 g/mol. The zero-order chi connectivity index (χ0) is 13.1. The smallest absolute Gasteiger partial charge is 0.146 e. The predicted molar refractivity (Wildman–Crippen MR) is 71.7 cm³/mol. The van der Waals surface area contributed by atoms with Crippen LogP contribution in [0.25, 0.3) is 0 Å². The summed E-state index contributed by atoms with van der Waals surface area (Å²) in [5, 5.41) is 3.29. The molecule has 3 nitrogen and oxygen atoms in total. The van der Waals surface area contributed by atoms with Crippen LogP contribution >= 0.6 is 0 Å². The Labute approximate surface area is 108 Å². The number of rotatable bonds is 3. The van der Waals surface area contributed by atoms with E-state index in [4.69, 9.17) is 4.74 Å². The topological polar surface area (TPSA) is 24.5 Å². The Morgan fingerprint density at radius 2 is 2.22 bits per heavy atom. The van der Waals surface area contributed by atoms with Gasteiger partial charge < -0.3 is 15.0 Å². The minimum Gasteiger partial charge on any atom is -0.497 e. The molecule has 4 heteroatoms. The number of hydrogen-bond acceptors (Lipinski definition) is 3. The summed E-state index contributed by atoms with van der Waals surface area (Å²) in [7, 11) is 3.72. The van der Waals surface area contributed by atoms with Crippen LogP contribution in [0.2, 0.25) is 0 Å². The lowest BCUT2D eigenvalue weighted by Gasteiger charge is -2.35. The van der Waals surface area contributed by atoms with Crippen LogP contribution < -0.4 is 10.1 Å². The molecule has 1 aliphatic rings. The Morgan fingerprint density at radius 3 is 2.89 bits per heavy atom. The molecule has 1 saturated heterocycles. The molecule has 1 heterocycles. The van der Waals surface area contributed by atoms with Gasteiger partial charge in [0.15, 0.2) is 0 Å². The van der Waals surface area contributed by atoms with Crippen molar-refractivity contribution in [2.24, 2.45) is 0 Å². The van der Waals surface area contributed by atoms with Gasteiger partial charge >= 0.3 is 0 Å². The maximum atomic E-state index is 13.7. The van der Waals surface area contributed by atoms with E-state index in [0.717, 1.165) is 19.4 Å². The number of anilines is 1. The number of ether oxygens (including phenoxy) is 1. The van der Waals surface area contributed by atoms with Gasteiger partial charge in [0.05, 0.1) is 12.8 Å². The molecule has 2 rings (SSSR count). The van der Waals surface area contributed by atoms with E-state index in [1.807, 2.05) is 0 Å². The molecule has 18 heavy (non-hydrogen) atoms. The summed E-state index contributed by atoms with van der Waals surface area (Å²) >= 11 is 0. The van der Waals surface area contributed by atoms with Gasteiger partial charge in [0, 0.05) is 24.7 Å². The van der Waals surface area contributed by atoms with E-state index in [2.05, 4.69) is 24.2 Å². The second kappa shape index (κ2) is 5.57. The number of benzene rings is 1. The molecule has 2 unspecified atom stereocenters. The molecule has 2 atom stereocenters. The van der Waals surface area contributed by atoms with E-state index in [1.165, 1.54) is 6.07 Å². The number of piperidine rings is 1. The van der Waals surface area contributed by atoms with Crippen LogP contribution in [0.15, 0.2) is 18.2 Å². The Balaban J connectivity index is 2.05. The zero-order valence-electron chi connectivity index (χ0n) is 11.2. The maximum Gasteiger partial charge on any atom is 0.146 e. The first-order valence-electron chi connectivity index (χ1n) is 6.40. The molecular formula is C14H21FN2O. The Morgan fingerprint density at radius 1 is 1.44 bits per heavy atom. The fraction of sp³-hybridized carbons (Fsp3) is 0.571. The largest absolute Gasteiger partial charge is 0.497 e. The molecule has 100 valence electrons. The minimum atomic E-state index is -0.220.